The number of hydrogen-bond donors (Lipinski definition) is 1. The molecule has 0 fully saturated rings. The van der Waals surface area contributed by atoms with E-state index in [4.69, 9.17) is 0 Å². The molecule has 2 rings (SSSR count). The predicted octanol–water partition coefficient (Wildman–Crippen LogP) is 2.95. The van der Waals surface area contributed by atoms with E-state index in [0.29, 0.717) is 0 Å². The third-order valence-corrected chi connectivity index (χ3v) is 3.41. The molecule has 104 valence electrons. The molecule has 1 N–H and O–H groups in total. The van der Waals surface area contributed by atoms with Crippen molar-refractivity contribution in [2.45, 2.75) is 18.9 Å². The van der Waals surface area contributed by atoms with Gasteiger partial charge in [-0.25, -0.2) is 0 Å². The maximum absolute atomic E-state index is 12.3. The third kappa shape index (κ3) is 3.25. The minimum Gasteiger partial charge on any atom is -0.385 e. The van der Waals surface area contributed by atoms with Crippen LogP contribution in [-0.4, -0.2) is 18.1 Å². The average Bonchev–Trinajstić information content (AvgIpc) is 2.48. The summed E-state index contributed by atoms with van der Waals surface area (Å²) in [7, 11) is 1.72. The lowest BCUT2D eigenvalue weighted by Gasteiger charge is -2.26. The number of aliphatic hydroxyl groups is 1. The molecule has 0 heterocycles. The van der Waals surface area contributed by atoms with Crippen molar-refractivity contribution in [2.24, 2.45) is 0 Å². The molecule has 0 radical (unpaired) electrons. The highest BCUT2D eigenvalue weighted by atomic mass is 16.3. The highest BCUT2D eigenvalue weighted by Gasteiger charge is 2.28. The van der Waals surface area contributed by atoms with Crippen LogP contribution in [0, 0.1) is 0 Å². The van der Waals surface area contributed by atoms with Gasteiger partial charge in [0, 0.05) is 12.7 Å². The van der Waals surface area contributed by atoms with Gasteiger partial charge in [-0.05, 0) is 24.6 Å². The molecule has 0 bridgehead atoms. The Hall–Kier alpha value is -2.13. The fraction of sp³-hybridized carbons (Fsp3) is 0.235. The van der Waals surface area contributed by atoms with Gasteiger partial charge < -0.3 is 10.0 Å². The largest absolute Gasteiger partial charge is 0.385 e. The highest BCUT2D eigenvalue weighted by molar-refractivity contribution is 5.93. The number of benzene rings is 2. The Labute approximate surface area is 119 Å². The number of amides is 1. The van der Waals surface area contributed by atoms with E-state index in [-0.39, 0.29) is 12.3 Å². The summed E-state index contributed by atoms with van der Waals surface area (Å²) in [6, 6.07) is 18.7. The number of hydrogen-bond acceptors (Lipinski definition) is 2. The molecule has 0 aromatic heterocycles. The molecule has 0 aliphatic rings. The van der Waals surface area contributed by atoms with Crippen LogP contribution in [0.5, 0.6) is 0 Å². The lowest BCUT2D eigenvalue weighted by molar-refractivity contribution is -0.123. The lowest BCUT2D eigenvalue weighted by Crippen LogP contribution is -2.34. The van der Waals surface area contributed by atoms with E-state index in [1.54, 1.807) is 18.9 Å². The lowest BCUT2D eigenvalue weighted by atomic mass is 9.92. The quantitative estimate of drug-likeness (QED) is 0.927. The number of carbonyl (C=O) groups excluding carboxylic acids is 1. The molecule has 0 saturated carbocycles. The molecular weight excluding hydrogens is 250 g/mol. The Morgan fingerprint density at radius 3 is 2.10 bits per heavy atom. The Balaban J connectivity index is 2.11. The van der Waals surface area contributed by atoms with Gasteiger partial charge in [-0.3, -0.25) is 4.79 Å². The van der Waals surface area contributed by atoms with Gasteiger partial charge in [0.15, 0.2) is 0 Å². The summed E-state index contributed by atoms with van der Waals surface area (Å²) in [6.45, 7) is 1.67. The van der Waals surface area contributed by atoms with E-state index < -0.39 is 5.60 Å². The molecule has 3 heteroatoms. The summed E-state index contributed by atoms with van der Waals surface area (Å²) < 4.78 is 0. The van der Waals surface area contributed by atoms with Crippen LogP contribution in [0.3, 0.4) is 0 Å². The van der Waals surface area contributed by atoms with Crippen LogP contribution in [0.2, 0.25) is 0 Å². The van der Waals surface area contributed by atoms with Crippen LogP contribution in [-0.2, 0) is 10.4 Å². The Morgan fingerprint density at radius 1 is 1.05 bits per heavy atom. The number of anilines is 1. The van der Waals surface area contributed by atoms with Crippen LogP contribution in [0.15, 0.2) is 60.7 Å². The van der Waals surface area contributed by atoms with Crippen molar-refractivity contribution in [3.63, 3.8) is 0 Å². The summed E-state index contributed by atoms with van der Waals surface area (Å²) >= 11 is 0. The van der Waals surface area contributed by atoms with Crippen LogP contribution in [0.1, 0.15) is 18.9 Å². The van der Waals surface area contributed by atoms with Crippen molar-refractivity contribution in [1.82, 2.24) is 0 Å². The fourth-order valence-corrected chi connectivity index (χ4v) is 2.11. The van der Waals surface area contributed by atoms with Crippen LogP contribution in [0.25, 0.3) is 0 Å². The molecule has 20 heavy (non-hydrogen) atoms. The van der Waals surface area contributed by atoms with Gasteiger partial charge in [-0.2, -0.15) is 0 Å². The van der Waals surface area contributed by atoms with Gasteiger partial charge in [-0.15, -0.1) is 0 Å². The first-order valence-corrected chi connectivity index (χ1v) is 6.60. The molecule has 0 aliphatic carbocycles. The molecule has 2 aromatic rings. The maximum atomic E-state index is 12.3. The second-order valence-corrected chi connectivity index (χ2v) is 5.10. The van der Waals surface area contributed by atoms with Crippen molar-refractivity contribution >= 4 is 11.6 Å². The molecule has 2 aromatic carbocycles. The molecule has 1 atom stereocenters. The summed E-state index contributed by atoms with van der Waals surface area (Å²) in [4.78, 5) is 13.9. The number of para-hydroxylation sites is 1. The van der Waals surface area contributed by atoms with Gasteiger partial charge in [0.25, 0.3) is 0 Å². The summed E-state index contributed by atoms with van der Waals surface area (Å²) in [5, 5.41) is 10.5. The first kappa shape index (κ1) is 14.3. The summed E-state index contributed by atoms with van der Waals surface area (Å²) in [6.07, 6.45) is 0.0441. The SMILES string of the molecule is CN(C(=O)CC(C)(O)c1ccccc1)c1ccccc1. The third-order valence-electron chi connectivity index (χ3n) is 3.41. The zero-order valence-electron chi connectivity index (χ0n) is 11.8. The Morgan fingerprint density at radius 2 is 1.55 bits per heavy atom. The zero-order chi connectivity index (χ0) is 14.6. The maximum Gasteiger partial charge on any atom is 0.229 e. The van der Waals surface area contributed by atoms with E-state index in [2.05, 4.69) is 0 Å². The molecule has 0 aliphatic heterocycles. The van der Waals surface area contributed by atoms with E-state index >= 15 is 0 Å². The predicted molar refractivity (Wildman–Crippen MR) is 80.5 cm³/mol. The summed E-state index contributed by atoms with van der Waals surface area (Å²) in [5.41, 5.74) is 0.401. The number of carbonyl (C=O) groups is 1. The standard InChI is InChI=1S/C17H19NO2/c1-17(20,14-9-5-3-6-10-14)13-16(19)18(2)15-11-7-4-8-12-15/h3-12,20H,13H2,1-2H3. The second-order valence-electron chi connectivity index (χ2n) is 5.10. The monoisotopic (exact) mass is 269 g/mol. The minimum absolute atomic E-state index is 0.0441. The van der Waals surface area contributed by atoms with Crippen molar-refractivity contribution in [3.05, 3.63) is 66.2 Å². The Kier molecular flexibility index (Phi) is 4.20. The van der Waals surface area contributed by atoms with E-state index in [1.165, 1.54) is 0 Å². The van der Waals surface area contributed by atoms with E-state index in [1.807, 2.05) is 60.7 Å². The smallest absolute Gasteiger partial charge is 0.229 e. The van der Waals surface area contributed by atoms with Gasteiger partial charge >= 0.3 is 0 Å². The second kappa shape index (κ2) is 5.88. The molecule has 1 amide bonds. The van der Waals surface area contributed by atoms with Crippen LogP contribution >= 0.6 is 0 Å². The zero-order valence-corrected chi connectivity index (χ0v) is 11.8. The molecule has 1 unspecified atom stereocenters. The van der Waals surface area contributed by atoms with E-state index in [0.717, 1.165) is 11.3 Å². The molecule has 3 nitrogen and oxygen atoms in total. The highest BCUT2D eigenvalue weighted by Crippen LogP contribution is 2.26. The normalized spacial score (nSPS) is 13.6. The molecule has 0 saturated heterocycles. The van der Waals surface area contributed by atoms with Crippen molar-refractivity contribution in [1.29, 1.82) is 0 Å². The van der Waals surface area contributed by atoms with Gasteiger partial charge in [-0.1, -0.05) is 48.5 Å². The average molecular weight is 269 g/mol. The van der Waals surface area contributed by atoms with Crippen molar-refractivity contribution in [2.75, 3.05) is 11.9 Å². The summed E-state index contributed by atoms with van der Waals surface area (Å²) in [5.74, 6) is -0.120. The van der Waals surface area contributed by atoms with Gasteiger partial charge in [0.2, 0.25) is 5.91 Å². The van der Waals surface area contributed by atoms with Crippen molar-refractivity contribution < 1.29 is 9.90 Å². The van der Waals surface area contributed by atoms with Crippen molar-refractivity contribution in [3.8, 4) is 0 Å². The fourth-order valence-electron chi connectivity index (χ4n) is 2.11. The number of nitrogens with zero attached hydrogens (tertiary/aromatic N) is 1. The molecule has 0 spiro atoms. The molecular formula is C17H19NO2. The van der Waals surface area contributed by atoms with Crippen LogP contribution < -0.4 is 4.90 Å². The van der Waals surface area contributed by atoms with Crippen LogP contribution in [0.4, 0.5) is 5.69 Å². The first-order valence-electron chi connectivity index (χ1n) is 6.60. The van der Waals surface area contributed by atoms with Gasteiger partial charge in [0.05, 0.1) is 12.0 Å². The van der Waals surface area contributed by atoms with E-state index in [9.17, 15) is 9.90 Å². The number of rotatable bonds is 4. The Bertz CT molecular complexity index is 564. The van der Waals surface area contributed by atoms with Gasteiger partial charge in [0.1, 0.15) is 0 Å². The minimum atomic E-state index is -1.17. The topological polar surface area (TPSA) is 40.5 Å². The first-order chi connectivity index (χ1) is 9.50.